The fourth-order valence-electron chi connectivity index (χ4n) is 1.72. The van der Waals surface area contributed by atoms with Crippen molar-refractivity contribution in [1.82, 2.24) is 0 Å². The first-order valence-electron chi connectivity index (χ1n) is 4.75. The molecule has 3 heteroatoms. The summed E-state index contributed by atoms with van der Waals surface area (Å²) in [5.74, 6) is 0.888. The van der Waals surface area contributed by atoms with Gasteiger partial charge in [-0.05, 0) is 29.1 Å². The van der Waals surface area contributed by atoms with E-state index >= 15 is 0 Å². The minimum absolute atomic E-state index is 0.213. The Morgan fingerprint density at radius 2 is 2.13 bits per heavy atom. The molecule has 0 radical (unpaired) electrons. The summed E-state index contributed by atoms with van der Waals surface area (Å²) in [5, 5.41) is 11.5. The van der Waals surface area contributed by atoms with E-state index in [9.17, 15) is 5.11 Å². The molecule has 0 aromatic heterocycles. The molecule has 2 aromatic carbocycles. The Morgan fingerprint density at radius 1 is 1.33 bits per heavy atom. The molecule has 0 aliphatic rings. The molecule has 0 heterocycles. The van der Waals surface area contributed by atoms with Gasteiger partial charge in [-0.2, -0.15) is 0 Å². The maximum Gasteiger partial charge on any atom is 0.130 e. The van der Waals surface area contributed by atoms with E-state index in [1.165, 1.54) is 0 Å². The van der Waals surface area contributed by atoms with Gasteiger partial charge >= 0.3 is 0 Å². The first-order valence-corrected chi connectivity index (χ1v) is 4.75. The van der Waals surface area contributed by atoms with E-state index < -0.39 is 0 Å². The third-order valence-electron chi connectivity index (χ3n) is 2.43. The molecular formula is C12H13NO2. The van der Waals surface area contributed by atoms with Crippen molar-refractivity contribution >= 4 is 10.8 Å². The standard InChI is InChI=1S/C12H13NO2/c1-15-11-4-2-3-9-5-8(7-13)6-10(14)12(9)11/h2-6,14H,7,13H2,1H3. The summed E-state index contributed by atoms with van der Waals surface area (Å²) in [6.07, 6.45) is 0. The molecule has 0 amide bonds. The Kier molecular flexibility index (Phi) is 2.47. The molecule has 0 atom stereocenters. The van der Waals surface area contributed by atoms with Crippen LogP contribution in [-0.4, -0.2) is 12.2 Å². The smallest absolute Gasteiger partial charge is 0.130 e. The summed E-state index contributed by atoms with van der Waals surface area (Å²) >= 11 is 0. The SMILES string of the molecule is COc1cccc2cc(CN)cc(O)c12. The molecule has 3 N–H and O–H groups in total. The van der Waals surface area contributed by atoms with Crippen LogP contribution >= 0.6 is 0 Å². The molecule has 0 spiro atoms. The van der Waals surface area contributed by atoms with Crippen molar-refractivity contribution in [3.63, 3.8) is 0 Å². The second kappa shape index (κ2) is 3.79. The van der Waals surface area contributed by atoms with Crippen molar-refractivity contribution in [2.24, 2.45) is 5.73 Å². The van der Waals surface area contributed by atoms with Gasteiger partial charge in [0.15, 0.2) is 0 Å². The van der Waals surface area contributed by atoms with E-state index in [1.54, 1.807) is 13.2 Å². The predicted octanol–water partition coefficient (Wildman–Crippen LogP) is 2.01. The van der Waals surface area contributed by atoms with Crippen LogP contribution in [0.5, 0.6) is 11.5 Å². The van der Waals surface area contributed by atoms with Crippen LogP contribution in [0.3, 0.4) is 0 Å². The number of aromatic hydroxyl groups is 1. The van der Waals surface area contributed by atoms with E-state index in [1.807, 2.05) is 24.3 Å². The number of benzene rings is 2. The normalized spacial score (nSPS) is 10.5. The molecule has 0 aliphatic carbocycles. The van der Waals surface area contributed by atoms with Crippen LogP contribution in [0.25, 0.3) is 10.8 Å². The van der Waals surface area contributed by atoms with Crippen LogP contribution in [0.1, 0.15) is 5.56 Å². The largest absolute Gasteiger partial charge is 0.507 e. The Hall–Kier alpha value is -1.74. The molecule has 0 fully saturated rings. The Labute approximate surface area is 88.1 Å². The Bertz CT molecular complexity index is 494. The molecule has 3 nitrogen and oxygen atoms in total. The number of rotatable bonds is 2. The lowest BCUT2D eigenvalue weighted by Crippen LogP contribution is -1.96. The zero-order chi connectivity index (χ0) is 10.8. The van der Waals surface area contributed by atoms with E-state index in [0.717, 1.165) is 16.3 Å². The lowest BCUT2D eigenvalue weighted by Gasteiger charge is -2.08. The first-order chi connectivity index (χ1) is 7.26. The maximum atomic E-state index is 9.86. The van der Waals surface area contributed by atoms with Gasteiger partial charge in [0.05, 0.1) is 12.5 Å². The second-order valence-electron chi connectivity index (χ2n) is 3.38. The monoisotopic (exact) mass is 203 g/mol. The van der Waals surface area contributed by atoms with E-state index in [4.69, 9.17) is 10.5 Å². The van der Waals surface area contributed by atoms with Crippen LogP contribution in [0.15, 0.2) is 30.3 Å². The molecular weight excluding hydrogens is 190 g/mol. The van der Waals surface area contributed by atoms with Gasteiger partial charge in [-0.3, -0.25) is 0 Å². The number of ether oxygens (including phenoxy) is 1. The molecule has 2 rings (SSSR count). The number of fused-ring (bicyclic) bond motifs is 1. The molecule has 0 aliphatic heterocycles. The van der Waals surface area contributed by atoms with Crippen molar-refractivity contribution in [3.05, 3.63) is 35.9 Å². The van der Waals surface area contributed by atoms with Crippen LogP contribution in [0.4, 0.5) is 0 Å². The molecule has 0 bridgehead atoms. The van der Waals surface area contributed by atoms with E-state index in [2.05, 4.69) is 0 Å². The highest BCUT2D eigenvalue weighted by Gasteiger charge is 2.07. The fourth-order valence-corrected chi connectivity index (χ4v) is 1.72. The van der Waals surface area contributed by atoms with Gasteiger partial charge in [-0.1, -0.05) is 12.1 Å². The number of methoxy groups -OCH3 is 1. The van der Waals surface area contributed by atoms with Crippen LogP contribution in [0.2, 0.25) is 0 Å². The summed E-state index contributed by atoms with van der Waals surface area (Å²) < 4.78 is 5.19. The van der Waals surface area contributed by atoms with Gasteiger partial charge in [0.25, 0.3) is 0 Å². The van der Waals surface area contributed by atoms with E-state index in [-0.39, 0.29) is 5.75 Å². The highest BCUT2D eigenvalue weighted by molar-refractivity contribution is 5.94. The number of hydrogen-bond donors (Lipinski definition) is 2. The van der Waals surface area contributed by atoms with Crippen molar-refractivity contribution in [3.8, 4) is 11.5 Å². The predicted molar refractivity (Wildman–Crippen MR) is 60.1 cm³/mol. The van der Waals surface area contributed by atoms with Gasteiger partial charge in [0, 0.05) is 6.54 Å². The van der Waals surface area contributed by atoms with Gasteiger partial charge in [-0.15, -0.1) is 0 Å². The fraction of sp³-hybridized carbons (Fsp3) is 0.167. The van der Waals surface area contributed by atoms with Crippen LogP contribution < -0.4 is 10.5 Å². The minimum atomic E-state index is 0.213. The third-order valence-corrected chi connectivity index (χ3v) is 2.43. The topological polar surface area (TPSA) is 55.5 Å². The zero-order valence-corrected chi connectivity index (χ0v) is 8.53. The minimum Gasteiger partial charge on any atom is -0.507 e. The quantitative estimate of drug-likeness (QED) is 0.785. The maximum absolute atomic E-state index is 9.86. The molecule has 0 saturated carbocycles. The lowest BCUT2D eigenvalue weighted by atomic mass is 10.0. The van der Waals surface area contributed by atoms with Crippen LogP contribution in [-0.2, 0) is 6.54 Å². The molecule has 78 valence electrons. The highest BCUT2D eigenvalue weighted by atomic mass is 16.5. The number of phenolic OH excluding ortho intramolecular Hbond substituents is 1. The summed E-state index contributed by atoms with van der Waals surface area (Å²) in [4.78, 5) is 0. The van der Waals surface area contributed by atoms with Crippen molar-refractivity contribution in [2.45, 2.75) is 6.54 Å². The molecule has 15 heavy (non-hydrogen) atoms. The molecule has 0 saturated heterocycles. The van der Waals surface area contributed by atoms with Gasteiger partial charge in [-0.25, -0.2) is 0 Å². The summed E-state index contributed by atoms with van der Waals surface area (Å²) in [5.41, 5.74) is 6.45. The van der Waals surface area contributed by atoms with Gasteiger partial charge in [0.2, 0.25) is 0 Å². The summed E-state index contributed by atoms with van der Waals surface area (Å²) in [7, 11) is 1.59. The Balaban J connectivity index is 2.78. The molecule has 0 unspecified atom stereocenters. The summed E-state index contributed by atoms with van der Waals surface area (Å²) in [6, 6.07) is 9.27. The number of nitrogens with two attached hydrogens (primary N) is 1. The second-order valence-corrected chi connectivity index (χ2v) is 3.38. The van der Waals surface area contributed by atoms with E-state index in [0.29, 0.717) is 12.3 Å². The van der Waals surface area contributed by atoms with Crippen molar-refractivity contribution in [1.29, 1.82) is 0 Å². The van der Waals surface area contributed by atoms with Crippen molar-refractivity contribution in [2.75, 3.05) is 7.11 Å². The summed E-state index contributed by atoms with van der Waals surface area (Å²) in [6.45, 7) is 0.417. The Morgan fingerprint density at radius 3 is 2.80 bits per heavy atom. The average Bonchev–Trinajstić information content (AvgIpc) is 2.27. The zero-order valence-electron chi connectivity index (χ0n) is 8.53. The number of phenols is 1. The highest BCUT2D eigenvalue weighted by Crippen LogP contribution is 2.34. The van der Waals surface area contributed by atoms with Crippen LogP contribution in [0, 0.1) is 0 Å². The van der Waals surface area contributed by atoms with Gasteiger partial charge < -0.3 is 15.6 Å². The molecule has 2 aromatic rings. The number of hydrogen-bond acceptors (Lipinski definition) is 3. The lowest BCUT2D eigenvalue weighted by molar-refractivity contribution is 0.416. The van der Waals surface area contributed by atoms with Gasteiger partial charge in [0.1, 0.15) is 11.5 Å². The third kappa shape index (κ3) is 1.62. The first kappa shape index (κ1) is 9.80. The average molecular weight is 203 g/mol. The van der Waals surface area contributed by atoms with Crippen molar-refractivity contribution < 1.29 is 9.84 Å².